The fourth-order valence-electron chi connectivity index (χ4n) is 3.85. The third kappa shape index (κ3) is 4.68. The van der Waals surface area contributed by atoms with Crippen LogP contribution in [0.5, 0.6) is 0 Å². The number of pyridine rings is 1. The number of aliphatic imine (C=N–C) groups is 1. The fourth-order valence-corrected chi connectivity index (χ4v) is 4.87. The molecule has 1 fully saturated rings. The summed E-state index contributed by atoms with van der Waals surface area (Å²) in [6, 6.07) is 8.25. The van der Waals surface area contributed by atoms with E-state index in [0.717, 1.165) is 18.5 Å². The van der Waals surface area contributed by atoms with Gasteiger partial charge in [0.1, 0.15) is 11.6 Å². The number of sulfonamides is 1. The van der Waals surface area contributed by atoms with E-state index in [1.54, 1.807) is 31.3 Å². The second kappa shape index (κ2) is 8.63. The molecule has 2 aliphatic rings. The lowest BCUT2D eigenvalue weighted by Crippen LogP contribution is -2.55. The van der Waals surface area contributed by atoms with E-state index < -0.39 is 10.0 Å². The van der Waals surface area contributed by atoms with Crippen LogP contribution in [-0.2, 0) is 23.1 Å². The Labute approximate surface area is 188 Å². The number of anilines is 1. The number of nitrogens with zero attached hydrogens (tertiary/aromatic N) is 3. The van der Waals surface area contributed by atoms with Crippen molar-refractivity contribution in [3.63, 3.8) is 0 Å². The number of aryl methyl sites for hydroxylation is 1. The normalized spacial score (nSPS) is 17.7. The van der Waals surface area contributed by atoms with Crippen LogP contribution in [0.15, 0.2) is 52.2 Å². The summed E-state index contributed by atoms with van der Waals surface area (Å²) in [5, 5.41) is 3.13. The maximum Gasteiger partial charge on any atom is 0.280 e. The summed E-state index contributed by atoms with van der Waals surface area (Å²) in [7, 11) is -3.82. The van der Waals surface area contributed by atoms with Crippen molar-refractivity contribution in [2.75, 3.05) is 11.9 Å². The smallest absolute Gasteiger partial charge is 0.280 e. The van der Waals surface area contributed by atoms with Gasteiger partial charge in [-0.2, -0.15) is 8.42 Å². The largest absolute Gasteiger partial charge is 0.379 e. The van der Waals surface area contributed by atoms with Crippen molar-refractivity contribution >= 4 is 21.9 Å². The van der Waals surface area contributed by atoms with Gasteiger partial charge in [0.2, 0.25) is 0 Å². The number of rotatable bonds is 8. The van der Waals surface area contributed by atoms with Gasteiger partial charge in [-0.05, 0) is 57.0 Å². The van der Waals surface area contributed by atoms with Gasteiger partial charge < -0.3 is 5.32 Å². The Morgan fingerprint density at radius 1 is 1.22 bits per heavy atom. The van der Waals surface area contributed by atoms with Crippen molar-refractivity contribution < 1.29 is 12.8 Å². The third-order valence-electron chi connectivity index (χ3n) is 6.10. The summed E-state index contributed by atoms with van der Waals surface area (Å²) in [4.78, 5) is 10.6. The molecule has 1 saturated heterocycles. The molecule has 2 N–H and O–H groups in total. The summed E-state index contributed by atoms with van der Waals surface area (Å²) >= 11 is 0. The van der Waals surface area contributed by atoms with Crippen molar-refractivity contribution in [2.45, 2.75) is 57.3 Å². The fraction of sp³-hybridized carbons (Fsp3) is 0.391. The third-order valence-corrected chi connectivity index (χ3v) is 7.36. The Kier molecular flexibility index (Phi) is 6.05. The van der Waals surface area contributed by atoms with Crippen molar-refractivity contribution in [1.82, 2.24) is 14.6 Å². The van der Waals surface area contributed by atoms with Crippen LogP contribution in [-0.4, -0.2) is 36.6 Å². The predicted octanol–water partition coefficient (Wildman–Crippen LogP) is 3.72. The van der Waals surface area contributed by atoms with E-state index in [1.807, 2.05) is 6.07 Å². The number of hydrogen-bond acceptors (Lipinski definition) is 6. The average molecular weight is 458 g/mol. The molecule has 7 nitrogen and oxygen atoms in total. The van der Waals surface area contributed by atoms with E-state index in [1.165, 1.54) is 12.1 Å². The lowest BCUT2D eigenvalue weighted by atomic mass is 9.88. The highest BCUT2D eigenvalue weighted by atomic mass is 32.2. The summed E-state index contributed by atoms with van der Waals surface area (Å²) in [6.07, 6.45) is 5.05. The molecule has 0 amide bonds. The highest BCUT2D eigenvalue weighted by Crippen LogP contribution is 2.32. The van der Waals surface area contributed by atoms with E-state index in [-0.39, 0.29) is 22.9 Å². The number of aromatic nitrogens is 1. The summed E-state index contributed by atoms with van der Waals surface area (Å²) in [5.41, 5.74) is 2.86. The molecule has 32 heavy (non-hydrogen) atoms. The number of halogens is 1. The molecule has 0 aliphatic carbocycles. The number of nitrogens with one attached hydrogen (secondary N) is 2. The molecule has 0 radical (unpaired) electrons. The Morgan fingerprint density at radius 3 is 2.66 bits per heavy atom. The van der Waals surface area contributed by atoms with Crippen LogP contribution in [0.2, 0.25) is 0 Å². The van der Waals surface area contributed by atoms with Crippen LogP contribution in [0.25, 0.3) is 0 Å². The minimum atomic E-state index is -3.82. The number of likely N-dealkylation sites (tertiary alicyclic amines) is 1. The lowest BCUT2D eigenvalue weighted by Gasteiger charge is -2.48. The number of allylic oxidation sites excluding steroid dienone is 1. The standard InChI is InChI=1S/C23H28FN5O2S/c1-16-20(9-10-22(27-16)32(30,31)28-21-8-5-12-25-21)26-14-18-17(6-4-7-19(18)24)15-29-13-11-23(29,2)3/h4,6-10,12,26,28H,5,11,13-15H2,1-3H3. The molecule has 0 saturated carbocycles. The van der Waals surface area contributed by atoms with E-state index in [0.29, 0.717) is 35.7 Å². The van der Waals surface area contributed by atoms with Gasteiger partial charge in [-0.1, -0.05) is 12.1 Å². The van der Waals surface area contributed by atoms with Crippen molar-refractivity contribution in [3.05, 3.63) is 64.9 Å². The average Bonchev–Trinajstić information content (AvgIpc) is 3.23. The molecular formula is C23H28FN5O2S. The number of hydrogen-bond donors (Lipinski definition) is 2. The molecule has 170 valence electrons. The Morgan fingerprint density at radius 2 is 2.03 bits per heavy atom. The first-order chi connectivity index (χ1) is 15.2. The zero-order chi connectivity index (χ0) is 22.9. The molecule has 1 aromatic heterocycles. The molecule has 2 aliphatic heterocycles. The molecule has 0 spiro atoms. The van der Waals surface area contributed by atoms with Crippen LogP contribution in [0.3, 0.4) is 0 Å². The maximum atomic E-state index is 14.7. The minimum Gasteiger partial charge on any atom is -0.379 e. The lowest BCUT2D eigenvalue weighted by molar-refractivity contribution is 0.00766. The summed E-state index contributed by atoms with van der Waals surface area (Å²) < 4.78 is 42.2. The molecular weight excluding hydrogens is 429 g/mol. The first kappa shape index (κ1) is 22.4. The molecule has 0 atom stereocenters. The van der Waals surface area contributed by atoms with E-state index in [4.69, 9.17) is 0 Å². The first-order valence-electron chi connectivity index (χ1n) is 10.6. The van der Waals surface area contributed by atoms with Crippen LogP contribution < -0.4 is 10.0 Å². The predicted molar refractivity (Wildman–Crippen MR) is 123 cm³/mol. The van der Waals surface area contributed by atoms with Crippen molar-refractivity contribution in [3.8, 4) is 0 Å². The van der Waals surface area contributed by atoms with E-state index in [2.05, 4.69) is 38.8 Å². The van der Waals surface area contributed by atoms with Gasteiger partial charge in [0.05, 0.1) is 11.4 Å². The van der Waals surface area contributed by atoms with Gasteiger partial charge in [0, 0.05) is 43.4 Å². The topological polar surface area (TPSA) is 86.7 Å². The highest BCUT2D eigenvalue weighted by molar-refractivity contribution is 7.89. The van der Waals surface area contributed by atoms with Gasteiger partial charge in [-0.25, -0.2) is 14.4 Å². The Balaban J connectivity index is 1.48. The first-order valence-corrected chi connectivity index (χ1v) is 12.1. The van der Waals surface area contributed by atoms with Gasteiger partial charge in [-0.15, -0.1) is 0 Å². The molecule has 2 aromatic rings. The molecule has 0 bridgehead atoms. The summed E-state index contributed by atoms with van der Waals surface area (Å²) in [6.45, 7) is 8.10. The second-order valence-corrected chi connectivity index (χ2v) is 10.4. The van der Waals surface area contributed by atoms with Gasteiger partial charge in [0.15, 0.2) is 5.03 Å². The Bertz CT molecular complexity index is 1190. The SMILES string of the molecule is Cc1nc(S(=O)(=O)NC2=CCC=N2)ccc1NCc1c(F)cccc1CN1CCC1(C)C. The van der Waals surface area contributed by atoms with E-state index >= 15 is 0 Å². The van der Waals surface area contributed by atoms with E-state index in [9.17, 15) is 12.8 Å². The molecule has 0 unspecified atom stereocenters. The second-order valence-electron chi connectivity index (χ2n) is 8.74. The maximum absolute atomic E-state index is 14.7. The van der Waals surface area contributed by atoms with Crippen molar-refractivity contribution in [2.24, 2.45) is 4.99 Å². The van der Waals surface area contributed by atoms with Crippen molar-refractivity contribution in [1.29, 1.82) is 0 Å². The van der Waals surface area contributed by atoms with Crippen LogP contribution >= 0.6 is 0 Å². The van der Waals surface area contributed by atoms with Crippen LogP contribution in [0.1, 0.15) is 43.5 Å². The molecule has 1 aromatic carbocycles. The monoisotopic (exact) mass is 457 g/mol. The minimum absolute atomic E-state index is 0.0878. The summed E-state index contributed by atoms with van der Waals surface area (Å²) in [5.74, 6) is 0.0387. The quantitative estimate of drug-likeness (QED) is 0.631. The molecule has 9 heteroatoms. The number of benzene rings is 1. The van der Waals surface area contributed by atoms with Crippen LogP contribution in [0, 0.1) is 12.7 Å². The van der Waals surface area contributed by atoms with Gasteiger partial charge in [0.25, 0.3) is 10.0 Å². The molecule has 4 rings (SSSR count). The highest BCUT2D eigenvalue weighted by Gasteiger charge is 2.35. The van der Waals surface area contributed by atoms with Crippen LogP contribution in [0.4, 0.5) is 10.1 Å². The molecule has 3 heterocycles. The Hall–Kier alpha value is -2.78. The van der Waals surface area contributed by atoms with Gasteiger partial charge >= 0.3 is 0 Å². The van der Waals surface area contributed by atoms with Gasteiger partial charge in [-0.3, -0.25) is 9.62 Å². The zero-order valence-corrected chi connectivity index (χ0v) is 19.3. The zero-order valence-electron chi connectivity index (χ0n) is 18.5.